The first-order chi connectivity index (χ1) is 10.1. The number of benzene rings is 1. The second-order valence-corrected chi connectivity index (χ2v) is 6.72. The standard InChI is InChI=1S/C17H21N3O/c1-11-8-9-17(14-5-3-2-4-13(11)14)15(18)19-16(21)20(17)10-12-6-7-12/h2-5,11-12H,6-10H2,1H3,(H2,18,19,21). The van der Waals surface area contributed by atoms with Gasteiger partial charge in [0.15, 0.2) is 0 Å². The molecule has 4 nitrogen and oxygen atoms in total. The molecule has 1 aromatic carbocycles. The van der Waals surface area contributed by atoms with E-state index in [-0.39, 0.29) is 6.03 Å². The molecule has 1 aliphatic heterocycles. The summed E-state index contributed by atoms with van der Waals surface area (Å²) in [4.78, 5) is 18.5. The molecule has 1 spiro atoms. The molecule has 1 fully saturated rings. The van der Waals surface area contributed by atoms with Crippen molar-refractivity contribution < 1.29 is 4.79 Å². The second kappa shape index (κ2) is 4.33. The van der Waals surface area contributed by atoms with Crippen LogP contribution in [0.5, 0.6) is 0 Å². The zero-order chi connectivity index (χ0) is 14.6. The summed E-state index contributed by atoms with van der Waals surface area (Å²) < 4.78 is 0. The summed E-state index contributed by atoms with van der Waals surface area (Å²) in [6, 6.07) is 8.27. The number of carbonyl (C=O) groups is 1. The summed E-state index contributed by atoms with van der Waals surface area (Å²) in [6.45, 7) is 3.05. The fourth-order valence-electron chi connectivity index (χ4n) is 3.92. The van der Waals surface area contributed by atoms with E-state index >= 15 is 0 Å². The quantitative estimate of drug-likeness (QED) is 0.907. The maximum atomic E-state index is 12.4. The number of amides is 2. The zero-order valence-corrected chi connectivity index (χ0v) is 12.4. The Bertz CT molecular complexity index is 635. The largest absolute Gasteiger partial charge is 0.385 e. The van der Waals surface area contributed by atoms with Crippen LogP contribution in [0.2, 0.25) is 0 Å². The second-order valence-electron chi connectivity index (χ2n) is 6.72. The molecule has 110 valence electrons. The fourth-order valence-corrected chi connectivity index (χ4v) is 3.92. The minimum atomic E-state index is -0.483. The third-order valence-corrected chi connectivity index (χ3v) is 5.35. The molecule has 21 heavy (non-hydrogen) atoms. The maximum absolute atomic E-state index is 12.4. The lowest BCUT2D eigenvalue weighted by Gasteiger charge is -2.44. The van der Waals surface area contributed by atoms with Gasteiger partial charge in [0.2, 0.25) is 0 Å². The zero-order valence-electron chi connectivity index (χ0n) is 12.4. The van der Waals surface area contributed by atoms with Crippen molar-refractivity contribution in [3.05, 3.63) is 35.4 Å². The molecular weight excluding hydrogens is 262 g/mol. The van der Waals surface area contributed by atoms with Crippen molar-refractivity contribution in [3.8, 4) is 0 Å². The van der Waals surface area contributed by atoms with Gasteiger partial charge in [0.25, 0.3) is 0 Å². The molecule has 2 unspecified atom stereocenters. The Labute approximate surface area is 125 Å². The minimum Gasteiger partial charge on any atom is -0.385 e. The van der Waals surface area contributed by atoms with Crippen molar-refractivity contribution in [1.82, 2.24) is 4.90 Å². The molecule has 2 atom stereocenters. The number of rotatable bonds is 2. The van der Waals surface area contributed by atoms with Crippen molar-refractivity contribution in [3.63, 3.8) is 0 Å². The van der Waals surface area contributed by atoms with Gasteiger partial charge in [0.1, 0.15) is 11.4 Å². The van der Waals surface area contributed by atoms with Crippen LogP contribution in [-0.4, -0.2) is 23.3 Å². The minimum absolute atomic E-state index is 0.149. The van der Waals surface area contributed by atoms with E-state index in [0.29, 0.717) is 17.7 Å². The molecule has 2 aliphatic carbocycles. The normalized spacial score (nSPS) is 31.5. The summed E-state index contributed by atoms with van der Waals surface area (Å²) in [6.07, 6.45) is 4.37. The highest BCUT2D eigenvalue weighted by Gasteiger charge is 2.53. The molecule has 4 rings (SSSR count). The van der Waals surface area contributed by atoms with Crippen molar-refractivity contribution in [2.75, 3.05) is 6.54 Å². The molecule has 1 aromatic rings. The average Bonchev–Trinajstić information content (AvgIpc) is 3.26. The molecule has 0 bridgehead atoms. The van der Waals surface area contributed by atoms with E-state index in [1.165, 1.54) is 24.0 Å². The van der Waals surface area contributed by atoms with E-state index in [0.717, 1.165) is 19.4 Å². The summed E-state index contributed by atoms with van der Waals surface area (Å²) in [5.41, 5.74) is 8.29. The predicted molar refractivity (Wildman–Crippen MR) is 82.2 cm³/mol. The molecule has 0 radical (unpaired) electrons. The Hall–Kier alpha value is -1.84. The molecule has 2 amide bonds. The third-order valence-electron chi connectivity index (χ3n) is 5.35. The number of amidine groups is 1. The molecule has 4 heteroatoms. The van der Waals surface area contributed by atoms with Crippen LogP contribution in [0.15, 0.2) is 29.3 Å². The molecule has 1 heterocycles. The molecular formula is C17H21N3O. The number of hydrogen-bond donors (Lipinski definition) is 1. The van der Waals surface area contributed by atoms with E-state index in [1.807, 2.05) is 11.0 Å². The lowest BCUT2D eigenvalue weighted by molar-refractivity contribution is 0.151. The van der Waals surface area contributed by atoms with Crippen LogP contribution >= 0.6 is 0 Å². The average molecular weight is 283 g/mol. The van der Waals surface area contributed by atoms with Gasteiger partial charge in [-0.1, -0.05) is 31.2 Å². The first kappa shape index (κ1) is 12.9. The van der Waals surface area contributed by atoms with Crippen LogP contribution < -0.4 is 5.73 Å². The lowest BCUT2D eigenvalue weighted by atomic mass is 9.71. The van der Waals surface area contributed by atoms with Gasteiger partial charge in [-0.15, -0.1) is 0 Å². The topological polar surface area (TPSA) is 58.7 Å². The summed E-state index contributed by atoms with van der Waals surface area (Å²) in [5.74, 6) is 1.64. The van der Waals surface area contributed by atoms with Gasteiger partial charge in [-0.05, 0) is 48.6 Å². The number of fused-ring (bicyclic) bond motifs is 2. The van der Waals surface area contributed by atoms with Gasteiger partial charge in [-0.3, -0.25) is 0 Å². The number of nitrogens with zero attached hydrogens (tertiary/aromatic N) is 2. The van der Waals surface area contributed by atoms with Gasteiger partial charge in [-0.2, -0.15) is 4.99 Å². The summed E-state index contributed by atoms with van der Waals surface area (Å²) >= 11 is 0. The lowest BCUT2D eigenvalue weighted by Crippen LogP contribution is -2.54. The van der Waals surface area contributed by atoms with Crippen LogP contribution in [0.4, 0.5) is 4.79 Å². The van der Waals surface area contributed by atoms with E-state index in [4.69, 9.17) is 5.73 Å². The number of carbonyl (C=O) groups excluding carboxylic acids is 1. The molecule has 3 aliphatic rings. The Morgan fingerprint density at radius 3 is 2.86 bits per heavy atom. The van der Waals surface area contributed by atoms with Gasteiger partial charge in [-0.25, -0.2) is 4.79 Å². The van der Waals surface area contributed by atoms with E-state index in [1.54, 1.807) is 0 Å². The summed E-state index contributed by atoms with van der Waals surface area (Å²) in [7, 11) is 0. The number of urea groups is 1. The van der Waals surface area contributed by atoms with Gasteiger partial charge >= 0.3 is 6.03 Å². The van der Waals surface area contributed by atoms with Crippen LogP contribution in [0, 0.1) is 5.92 Å². The van der Waals surface area contributed by atoms with E-state index in [9.17, 15) is 4.79 Å². The van der Waals surface area contributed by atoms with Crippen molar-refractivity contribution in [1.29, 1.82) is 0 Å². The number of hydrogen-bond acceptors (Lipinski definition) is 2. The summed E-state index contributed by atoms with van der Waals surface area (Å²) in [5, 5.41) is 0. The van der Waals surface area contributed by atoms with Crippen molar-refractivity contribution in [2.24, 2.45) is 16.6 Å². The first-order valence-corrected chi connectivity index (χ1v) is 7.88. The highest BCUT2D eigenvalue weighted by atomic mass is 16.2. The van der Waals surface area contributed by atoms with Crippen LogP contribution in [-0.2, 0) is 5.54 Å². The van der Waals surface area contributed by atoms with Gasteiger partial charge in [0.05, 0.1) is 0 Å². The van der Waals surface area contributed by atoms with E-state index in [2.05, 4.69) is 30.1 Å². The van der Waals surface area contributed by atoms with E-state index < -0.39 is 5.54 Å². The highest BCUT2D eigenvalue weighted by molar-refractivity contribution is 6.06. The molecule has 1 saturated carbocycles. The van der Waals surface area contributed by atoms with Crippen LogP contribution in [0.1, 0.15) is 49.7 Å². The molecule has 0 aromatic heterocycles. The number of nitrogens with two attached hydrogens (primary N) is 1. The maximum Gasteiger partial charge on any atom is 0.346 e. The molecule has 0 saturated heterocycles. The monoisotopic (exact) mass is 283 g/mol. The Kier molecular flexibility index (Phi) is 2.65. The third kappa shape index (κ3) is 1.74. The Morgan fingerprint density at radius 2 is 2.10 bits per heavy atom. The fraction of sp³-hybridized carbons (Fsp3) is 0.529. The predicted octanol–water partition coefficient (Wildman–Crippen LogP) is 2.98. The number of aliphatic imine (C=N–C) groups is 1. The van der Waals surface area contributed by atoms with Crippen LogP contribution in [0.25, 0.3) is 0 Å². The SMILES string of the molecule is CC1CCC2(C(N)=NC(=O)N2CC2CC2)c2ccccc21. The Morgan fingerprint density at radius 1 is 1.33 bits per heavy atom. The van der Waals surface area contributed by atoms with Crippen molar-refractivity contribution >= 4 is 11.9 Å². The first-order valence-electron chi connectivity index (χ1n) is 7.88. The van der Waals surface area contributed by atoms with Gasteiger partial charge in [0, 0.05) is 6.54 Å². The molecule has 2 N–H and O–H groups in total. The smallest absolute Gasteiger partial charge is 0.346 e. The van der Waals surface area contributed by atoms with Crippen molar-refractivity contribution in [2.45, 2.75) is 44.1 Å². The highest BCUT2D eigenvalue weighted by Crippen LogP contribution is 2.48. The van der Waals surface area contributed by atoms with Crippen LogP contribution in [0.3, 0.4) is 0 Å². The Balaban J connectivity index is 1.86. The van der Waals surface area contributed by atoms with Gasteiger partial charge < -0.3 is 10.6 Å².